The lowest BCUT2D eigenvalue weighted by atomic mass is 9.75. The summed E-state index contributed by atoms with van der Waals surface area (Å²) in [6.07, 6.45) is 12.3. The number of hydrogen-bond acceptors (Lipinski definition) is 4. The van der Waals surface area contributed by atoms with Gasteiger partial charge in [-0.15, -0.1) is 0 Å². The van der Waals surface area contributed by atoms with Gasteiger partial charge in [0, 0.05) is 63.8 Å². The van der Waals surface area contributed by atoms with E-state index in [1.165, 1.54) is 16.8 Å². The summed E-state index contributed by atoms with van der Waals surface area (Å²) >= 11 is 0. The number of aromatic nitrogens is 4. The molecule has 2 atom stereocenters. The third kappa shape index (κ3) is 3.78. The highest BCUT2D eigenvalue weighted by atomic mass is 16.5. The largest absolute Gasteiger partial charge is 0.458 e. The Bertz CT molecular complexity index is 2480. The summed E-state index contributed by atoms with van der Waals surface area (Å²) in [5, 5.41) is 2.18. The van der Waals surface area contributed by atoms with Crippen LogP contribution >= 0.6 is 0 Å². The Hall–Kier alpha value is -5.88. The Morgan fingerprint density at radius 1 is 0.766 bits per heavy atom. The average molecular weight is 611 g/mol. The van der Waals surface area contributed by atoms with Crippen LogP contribution in [0.3, 0.4) is 0 Å². The maximum Gasteiger partial charge on any atom is 0.145 e. The molecule has 5 heterocycles. The van der Waals surface area contributed by atoms with Crippen molar-refractivity contribution >= 4 is 21.9 Å². The van der Waals surface area contributed by atoms with Gasteiger partial charge in [0.1, 0.15) is 34.5 Å². The lowest BCUT2D eigenvalue weighted by molar-refractivity contribution is 0.419. The van der Waals surface area contributed by atoms with Gasteiger partial charge in [-0.05, 0) is 66.2 Å². The predicted molar refractivity (Wildman–Crippen MR) is 184 cm³/mol. The molecule has 0 bridgehead atoms. The first-order valence-electron chi connectivity index (χ1n) is 16.1. The summed E-state index contributed by atoms with van der Waals surface area (Å²) in [5.41, 5.74) is 7.55. The third-order valence-electron chi connectivity index (χ3n) is 10.1. The molecule has 0 spiro atoms. The van der Waals surface area contributed by atoms with Gasteiger partial charge in [-0.3, -0.25) is 4.57 Å². The molecule has 4 aromatic carbocycles. The number of rotatable bonds is 3. The predicted octanol–water partition coefficient (Wildman–Crippen LogP) is 9.51. The zero-order chi connectivity index (χ0) is 31.3. The minimum Gasteiger partial charge on any atom is -0.458 e. The van der Waals surface area contributed by atoms with Gasteiger partial charge in [0.05, 0.1) is 16.9 Å². The first-order chi connectivity index (χ1) is 23.0. The van der Waals surface area contributed by atoms with Crippen molar-refractivity contribution in [2.24, 2.45) is 0 Å². The van der Waals surface area contributed by atoms with Crippen LogP contribution < -0.4 is 9.47 Å². The first-order valence-corrected chi connectivity index (χ1v) is 16.1. The van der Waals surface area contributed by atoms with Crippen LogP contribution in [0.2, 0.25) is 0 Å². The molecule has 0 N–H and O–H groups in total. The van der Waals surface area contributed by atoms with Gasteiger partial charge >= 0.3 is 0 Å². The van der Waals surface area contributed by atoms with E-state index in [9.17, 15) is 0 Å². The zero-order valence-electron chi connectivity index (χ0n) is 26.0. The summed E-state index contributed by atoms with van der Waals surface area (Å²) in [5.74, 6) is 4.71. The molecule has 0 amide bonds. The molecule has 0 saturated heterocycles. The second-order valence-corrected chi connectivity index (χ2v) is 13.1. The van der Waals surface area contributed by atoms with E-state index in [1.807, 2.05) is 42.9 Å². The van der Waals surface area contributed by atoms with E-state index in [-0.39, 0.29) is 17.3 Å². The number of ether oxygens (including phenoxy) is 2. The van der Waals surface area contributed by atoms with Crippen LogP contribution in [-0.2, 0) is 5.41 Å². The van der Waals surface area contributed by atoms with Gasteiger partial charge in [0.25, 0.3) is 0 Å². The standard InChI is InChI=1S/C41H30N4O2/c1-41(2)33-13-4-6-15-37(33)47-38-23-31-30-12-8-18-42-40(30)45(36(31)24-34(38)41)25-9-7-10-26(21-25)46-27-16-17-28-29-11-3-5-14-35(29)44-20-19-43-39(44)32(28)22-27/h3-24,28,32H,1-2H3. The molecular formula is C41H30N4O2. The fraction of sp³-hybridized carbons (Fsp3) is 0.122. The van der Waals surface area contributed by atoms with E-state index in [2.05, 4.69) is 114 Å². The van der Waals surface area contributed by atoms with E-state index < -0.39 is 0 Å². The highest BCUT2D eigenvalue weighted by Gasteiger charge is 2.36. The number of hydrogen-bond donors (Lipinski definition) is 0. The van der Waals surface area contributed by atoms with Gasteiger partial charge in [0.15, 0.2) is 0 Å². The number of nitrogens with zero attached hydrogens (tertiary/aromatic N) is 4. The van der Waals surface area contributed by atoms with E-state index >= 15 is 0 Å². The van der Waals surface area contributed by atoms with Crippen molar-refractivity contribution in [3.63, 3.8) is 0 Å². The van der Waals surface area contributed by atoms with E-state index in [4.69, 9.17) is 19.4 Å². The molecular weight excluding hydrogens is 580 g/mol. The van der Waals surface area contributed by atoms with Crippen LogP contribution in [0.15, 0.2) is 140 Å². The van der Waals surface area contributed by atoms with Crippen LogP contribution in [0.4, 0.5) is 0 Å². The van der Waals surface area contributed by atoms with Gasteiger partial charge in [-0.25, -0.2) is 9.97 Å². The van der Waals surface area contributed by atoms with E-state index in [0.29, 0.717) is 0 Å². The molecule has 3 aromatic heterocycles. The molecule has 7 aromatic rings. The van der Waals surface area contributed by atoms with Crippen LogP contribution in [0.25, 0.3) is 33.3 Å². The summed E-state index contributed by atoms with van der Waals surface area (Å²) in [7, 11) is 0. The van der Waals surface area contributed by atoms with Crippen molar-refractivity contribution in [1.82, 2.24) is 19.1 Å². The fourth-order valence-electron chi connectivity index (χ4n) is 7.87. The molecule has 2 unspecified atom stereocenters. The van der Waals surface area contributed by atoms with Crippen LogP contribution in [0.1, 0.15) is 48.2 Å². The lowest BCUT2D eigenvalue weighted by Crippen LogP contribution is -2.24. The molecule has 3 aliphatic rings. The Morgan fingerprint density at radius 3 is 2.62 bits per heavy atom. The number of imidazole rings is 1. The molecule has 6 nitrogen and oxygen atoms in total. The molecule has 1 aliphatic carbocycles. The SMILES string of the molecule is CC1(C)c2ccccc2Oc2cc3c4cccnc4n(-c4cccc(OC5=CC6c7nccn7-c7ccccc7C6C=C5)c4)c3cc21. The molecule has 10 rings (SSSR count). The number of pyridine rings is 1. The zero-order valence-corrected chi connectivity index (χ0v) is 26.0. The molecule has 47 heavy (non-hydrogen) atoms. The minimum atomic E-state index is -0.232. The van der Waals surface area contributed by atoms with Crippen molar-refractivity contribution in [1.29, 1.82) is 0 Å². The quantitative estimate of drug-likeness (QED) is 0.200. The first kappa shape index (κ1) is 26.3. The number of fused-ring (bicyclic) bond motifs is 11. The maximum atomic E-state index is 6.59. The van der Waals surface area contributed by atoms with E-state index in [0.717, 1.165) is 62.0 Å². The van der Waals surface area contributed by atoms with Gasteiger partial charge < -0.3 is 14.0 Å². The van der Waals surface area contributed by atoms with E-state index in [1.54, 1.807) is 0 Å². The summed E-state index contributed by atoms with van der Waals surface area (Å²) in [4.78, 5) is 9.62. The Balaban J connectivity index is 1.06. The topological polar surface area (TPSA) is 54.1 Å². The Morgan fingerprint density at radius 2 is 1.66 bits per heavy atom. The molecule has 0 radical (unpaired) electrons. The van der Waals surface area contributed by atoms with Crippen molar-refractivity contribution in [2.75, 3.05) is 0 Å². The minimum absolute atomic E-state index is 0.0894. The van der Waals surface area contributed by atoms with Crippen molar-refractivity contribution in [3.8, 4) is 28.6 Å². The maximum absolute atomic E-state index is 6.59. The highest BCUT2D eigenvalue weighted by Crippen LogP contribution is 2.50. The highest BCUT2D eigenvalue weighted by molar-refractivity contribution is 6.09. The Kier molecular flexibility index (Phi) is 5.36. The normalized spacial score (nSPS) is 18.4. The number of allylic oxidation sites excluding steroid dienone is 3. The summed E-state index contributed by atoms with van der Waals surface area (Å²) < 4.78 is 17.5. The monoisotopic (exact) mass is 610 g/mol. The second-order valence-electron chi connectivity index (χ2n) is 13.1. The molecule has 6 heteroatoms. The van der Waals surface area contributed by atoms with Crippen LogP contribution in [0, 0.1) is 0 Å². The molecule has 0 saturated carbocycles. The number of para-hydroxylation sites is 2. The van der Waals surface area contributed by atoms with Crippen LogP contribution in [-0.4, -0.2) is 19.1 Å². The summed E-state index contributed by atoms with van der Waals surface area (Å²) in [6, 6.07) is 33.8. The molecule has 2 aliphatic heterocycles. The van der Waals surface area contributed by atoms with Crippen molar-refractivity contribution < 1.29 is 9.47 Å². The second kappa shape index (κ2) is 9.56. The average Bonchev–Trinajstić information content (AvgIpc) is 3.72. The number of benzene rings is 4. The lowest BCUT2D eigenvalue weighted by Gasteiger charge is -2.34. The smallest absolute Gasteiger partial charge is 0.145 e. The summed E-state index contributed by atoms with van der Waals surface area (Å²) in [6.45, 7) is 4.54. The van der Waals surface area contributed by atoms with Crippen LogP contribution in [0.5, 0.6) is 17.2 Å². The Labute approximate surface area is 271 Å². The van der Waals surface area contributed by atoms with Gasteiger partial charge in [0.2, 0.25) is 0 Å². The molecule has 226 valence electrons. The van der Waals surface area contributed by atoms with Gasteiger partial charge in [-0.1, -0.05) is 62.4 Å². The van der Waals surface area contributed by atoms with Gasteiger partial charge in [-0.2, -0.15) is 0 Å². The fourth-order valence-corrected chi connectivity index (χ4v) is 7.87. The van der Waals surface area contributed by atoms with Crippen molar-refractivity contribution in [3.05, 3.63) is 162 Å². The van der Waals surface area contributed by atoms with Crippen molar-refractivity contribution in [2.45, 2.75) is 31.1 Å². The third-order valence-corrected chi connectivity index (χ3v) is 10.1. The molecule has 0 fully saturated rings.